The van der Waals surface area contributed by atoms with Gasteiger partial charge in [0, 0.05) is 57.4 Å². The second kappa shape index (κ2) is 9.55. The maximum atomic E-state index is 13.0. The molecule has 4 rings (SSSR count). The number of fused-ring (bicyclic) bond motifs is 1. The van der Waals surface area contributed by atoms with Gasteiger partial charge in [0.25, 0.3) is 0 Å². The van der Waals surface area contributed by atoms with Crippen LogP contribution in [-0.2, 0) is 14.4 Å². The van der Waals surface area contributed by atoms with Crippen LogP contribution in [0.5, 0.6) is 11.5 Å². The third kappa shape index (κ3) is 4.92. The van der Waals surface area contributed by atoms with E-state index in [1.54, 1.807) is 4.90 Å². The quantitative estimate of drug-likeness (QED) is 0.706. The van der Waals surface area contributed by atoms with Gasteiger partial charge in [-0.15, -0.1) is 0 Å². The number of amides is 3. The summed E-state index contributed by atoms with van der Waals surface area (Å²) in [6, 6.07) is 5.45. The van der Waals surface area contributed by atoms with E-state index in [1.807, 2.05) is 30.0 Å². The van der Waals surface area contributed by atoms with Crippen molar-refractivity contribution in [2.45, 2.75) is 19.8 Å². The van der Waals surface area contributed by atoms with Crippen LogP contribution in [0, 0.1) is 5.92 Å². The van der Waals surface area contributed by atoms with Crippen molar-refractivity contribution in [3.63, 3.8) is 0 Å². The van der Waals surface area contributed by atoms with Crippen LogP contribution in [0.4, 0.5) is 5.69 Å². The molecule has 0 bridgehead atoms. The number of hydrogen-bond donors (Lipinski definition) is 1. The van der Waals surface area contributed by atoms with E-state index >= 15 is 0 Å². The first-order valence-corrected chi connectivity index (χ1v) is 11.0. The molecule has 0 saturated carbocycles. The predicted molar refractivity (Wildman–Crippen MR) is 114 cm³/mol. The fourth-order valence-corrected chi connectivity index (χ4v) is 4.23. The Bertz CT molecular complexity index is 837. The minimum Gasteiger partial charge on any atom is -0.486 e. The molecule has 0 aliphatic carbocycles. The standard InChI is InChI=1S/C22H30N4O5/c1-2-5-23-20(27)15-24-6-8-25(9-7-24)22(29)16-12-21(28)26(14-16)17-3-4-18-19(13-17)31-11-10-30-18/h3-4,13,16H,2,5-12,14-15H2,1H3,(H,23,27). The summed E-state index contributed by atoms with van der Waals surface area (Å²) in [4.78, 5) is 43.1. The van der Waals surface area contributed by atoms with Crippen molar-refractivity contribution in [3.8, 4) is 11.5 Å². The molecule has 1 aromatic rings. The molecule has 1 aromatic carbocycles. The molecule has 3 aliphatic heterocycles. The normalized spacial score (nSPS) is 21.3. The zero-order chi connectivity index (χ0) is 21.8. The Kier molecular flexibility index (Phi) is 6.60. The highest BCUT2D eigenvalue weighted by atomic mass is 16.6. The molecule has 1 N–H and O–H groups in total. The van der Waals surface area contributed by atoms with Crippen LogP contribution >= 0.6 is 0 Å². The highest BCUT2D eigenvalue weighted by Gasteiger charge is 2.38. The van der Waals surface area contributed by atoms with Gasteiger partial charge in [0.05, 0.1) is 12.5 Å². The van der Waals surface area contributed by atoms with Gasteiger partial charge in [-0.3, -0.25) is 19.3 Å². The van der Waals surface area contributed by atoms with Crippen molar-refractivity contribution in [2.24, 2.45) is 5.92 Å². The zero-order valence-electron chi connectivity index (χ0n) is 18.0. The van der Waals surface area contributed by atoms with Gasteiger partial charge in [-0.2, -0.15) is 0 Å². The van der Waals surface area contributed by atoms with E-state index < -0.39 is 0 Å². The number of rotatable bonds is 6. The zero-order valence-corrected chi connectivity index (χ0v) is 18.0. The molecular formula is C22H30N4O5. The van der Waals surface area contributed by atoms with Crippen LogP contribution in [0.2, 0.25) is 0 Å². The summed E-state index contributed by atoms with van der Waals surface area (Å²) in [6.45, 7) is 6.93. The van der Waals surface area contributed by atoms with E-state index in [2.05, 4.69) is 10.2 Å². The van der Waals surface area contributed by atoms with Crippen LogP contribution in [-0.4, -0.2) is 86.5 Å². The molecule has 168 valence electrons. The lowest BCUT2D eigenvalue weighted by Gasteiger charge is -2.35. The van der Waals surface area contributed by atoms with Gasteiger partial charge < -0.3 is 24.6 Å². The Hall–Kier alpha value is -2.81. The first kappa shape index (κ1) is 21.4. The Labute approximate surface area is 182 Å². The molecule has 3 amide bonds. The van der Waals surface area contributed by atoms with Crippen molar-refractivity contribution in [3.05, 3.63) is 18.2 Å². The minimum absolute atomic E-state index is 0.0171. The second-order valence-corrected chi connectivity index (χ2v) is 8.18. The van der Waals surface area contributed by atoms with Gasteiger partial charge in [0.1, 0.15) is 13.2 Å². The van der Waals surface area contributed by atoms with Crippen LogP contribution < -0.4 is 19.7 Å². The van der Waals surface area contributed by atoms with Gasteiger partial charge in [0.15, 0.2) is 11.5 Å². The van der Waals surface area contributed by atoms with E-state index in [-0.39, 0.29) is 30.1 Å². The summed E-state index contributed by atoms with van der Waals surface area (Å²) < 4.78 is 11.2. The van der Waals surface area contributed by atoms with Crippen molar-refractivity contribution < 1.29 is 23.9 Å². The molecule has 2 fully saturated rings. The first-order valence-electron chi connectivity index (χ1n) is 11.0. The molecule has 2 saturated heterocycles. The van der Waals surface area contributed by atoms with E-state index in [1.165, 1.54) is 0 Å². The molecule has 1 unspecified atom stereocenters. The lowest BCUT2D eigenvalue weighted by Crippen LogP contribution is -2.52. The Balaban J connectivity index is 1.30. The maximum absolute atomic E-state index is 13.0. The number of nitrogens with one attached hydrogen (secondary N) is 1. The lowest BCUT2D eigenvalue weighted by atomic mass is 10.1. The summed E-state index contributed by atoms with van der Waals surface area (Å²) >= 11 is 0. The Morgan fingerprint density at radius 3 is 2.58 bits per heavy atom. The third-order valence-corrected chi connectivity index (χ3v) is 5.94. The van der Waals surface area contributed by atoms with E-state index in [0.717, 1.165) is 12.1 Å². The molecular weight excluding hydrogens is 400 g/mol. The van der Waals surface area contributed by atoms with Gasteiger partial charge in [-0.25, -0.2) is 0 Å². The molecule has 1 atom stereocenters. The summed E-state index contributed by atoms with van der Waals surface area (Å²) in [6.07, 6.45) is 1.13. The van der Waals surface area contributed by atoms with E-state index in [9.17, 15) is 14.4 Å². The van der Waals surface area contributed by atoms with Crippen LogP contribution in [0.15, 0.2) is 18.2 Å². The van der Waals surface area contributed by atoms with Crippen LogP contribution in [0.1, 0.15) is 19.8 Å². The van der Waals surface area contributed by atoms with E-state index in [0.29, 0.717) is 70.5 Å². The molecule has 0 radical (unpaired) electrons. The number of nitrogens with zero attached hydrogens (tertiary/aromatic N) is 3. The highest BCUT2D eigenvalue weighted by molar-refractivity contribution is 6.00. The summed E-state index contributed by atoms with van der Waals surface area (Å²) in [7, 11) is 0. The number of carbonyl (C=O) groups excluding carboxylic acids is 3. The monoisotopic (exact) mass is 430 g/mol. The van der Waals surface area contributed by atoms with Crippen molar-refractivity contribution in [1.82, 2.24) is 15.1 Å². The summed E-state index contributed by atoms with van der Waals surface area (Å²) in [5.74, 6) is 0.948. The van der Waals surface area contributed by atoms with Gasteiger partial charge in [-0.1, -0.05) is 6.92 Å². The minimum atomic E-state index is -0.347. The van der Waals surface area contributed by atoms with Crippen molar-refractivity contribution in [1.29, 1.82) is 0 Å². The molecule has 3 heterocycles. The second-order valence-electron chi connectivity index (χ2n) is 8.18. The number of hydrogen-bond acceptors (Lipinski definition) is 6. The summed E-state index contributed by atoms with van der Waals surface area (Å²) in [5, 5.41) is 2.88. The Morgan fingerprint density at radius 1 is 1.10 bits per heavy atom. The third-order valence-electron chi connectivity index (χ3n) is 5.94. The number of piperazine rings is 1. The van der Waals surface area contributed by atoms with Crippen molar-refractivity contribution >= 4 is 23.4 Å². The SMILES string of the molecule is CCCNC(=O)CN1CCN(C(=O)C2CC(=O)N(c3ccc4c(c3)OCCO4)C2)CC1. The molecule has 9 nitrogen and oxygen atoms in total. The number of ether oxygens (including phenoxy) is 2. The molecule has 0 spiro atoms. The average molecular weight is 431 g/mol. The Morgan fingerprint density at radius 2 is 1.84 bits per heavy atom. The maximum Gasteiger partial charge on any atom is 0.234 e. The van der Waals surface area contributed by atoms with Crippen molar-refractivity contribution in [2.75, 3.05) is 63.9 Å². The van der Waals surface area contributed by atoms with Crippen LogP contribution in [0.3, 0.4) is 0 Å². The fraction of sp³-hybridized carbons (Fsp3) is 0.591. The van der Waals surface area contributed by atoms with E-state index in [4.69, 9.17) is 9.47 Å². The molecule has 0 aromatic heterocycles. The topological polar surface area (TPSA) is 91.4 Å². The first-order chi connectivity index (χ1) is 15.0. The van der Waals surface area contributed by atoms with Crippen LogP contribution in [0.25, 0.3) is 0 Å². The molecule has 9 heteroatoms. The molecule has 3 aliphatic rings. The largest absolute Gasteiger partial charge is 0.486 e. The fourth-order valence-electron chi connectivity index (χ4n) is 4.23. The highest BCUT2D eigenvalue weighted by Crippen LogP contribution is 2.36. The smallest absolute Gasteiger partial charge is 0.234 e. The molecule has 31 heavy (non-hydrogen) atoms. The average Bonchev–Trinajstić information content (AvgIpc) is 3.19. The van der Waals surface area contributed by atoms with Gasteiger partial charge in [-0.05, 0) is 18.6 Å². The number of carbonyl (C=O) groups is 3. The number of anilines is 1. The lowest BCUT2D eigenvalue weighted by molar-refractivity contribution is -0.137. The predicted octanol–water partition coefficient (Wildman–Crippen LogP) is 0.481. The van der Waals surface area contributed by atoms with Gasteiger partial charge >= 0.3 is 0 Å². The van der Waals surface area contributed by atoms with Gasteiger partial charge in [0.2, 0.25) is 17.7 Å². The summed E-state index contributed by atoms with van der Waals surface area (Å²) in [5.41, 5.74) is 0.729. The number of benzene rings is 1.